The van der Waals surface area contributed by atoms with E-state index in [0.29, 0.717) is 11.4 Å². The summed E-state index contributed by atoms with van der Waals surface area (Å²) >= 11 is 3.51. The van der Waals surface area contributed by atoms with Crippen molar-refractivity contribution in [2.75, 3.05) is 18.5 Å². The quantitative estimate of drug-likeness (QED) is 0.640. The number of benzene rings is 3. The Kier molecular flexibility index (Phi) is 5.62. The maximum atomic E-state index is 13.2. The van der Waals surface area contributed by atoms with Gasteiger partial charge >= 0.3 is 0 Å². The Morgan fingerprint density at radius 1 is 1.03 bits per heavy atom. The van der Waals surface area contributed by atoms with Gasteiger partial charge in [-0.3, -0.25) is 9.59 Å². The van der Waals surface area contributed by atoms with E-state index in [0.717, 1.165) is 15.6 Å². The van der Waals surface area contributed by atoms with Gasteiger partial charge in [0.05, 0.1) is 6.04 Å². The molecular weight excluding hydrogens is 432 g/mol. The molecule has 2 amide bonds. The van der Waals surface area contributed by atoms with Crippen LogP contribution in [0.4, 0.5) is 5.69 Å². The number of hydrogen-bond donors (Lipinski definition) is 1. The van der Waals surface area contributed by atoms with Gasteiger partial charge in [-0.05, 0) is 35.9 Å². The van der Waals surface area contributed by atoms with Gasteiger partial charge in [-0.1, -0.05) is 64.5 Å². The van der Waals surface area contributed by atoms with Crippen molar-refractivity contribution in [3.63, 3.8) is 0 Å². The third-order valence-electron chi connectivity index (χ3n) is 4.75. The molecule has 0 aromatic heterocycles. The van der Waals surface area contributed by atoms with Gasteiger partial charge in [0.1, 0.15) is 12.3 Å². The number of ether oxygens (including phenoxy) is 1. The fourth-order valence-electron chi connectivity index (χ4n) is 3.45. The molecule has 1 atom stereocenters. The second-order valence-electron chi connectivity index (χ2n) is 6.72. The van der Waals surface area contributed by atoms with E-state index < -0.39 is 6.04 Å². The van der Waals surface area contributed by atoms with E-state index in [9.17, 15) is 9.59 Å². The number of carbonyl (C=O) groups is 2. The van der Waals surface area contributed by atoms with Crippen molar-refractivity contribution in [1.82, 2.24) is 4.90 Å². The zero-order chi connectivity index (χ0) is 20.2. The summed E-state index contributed by atoms with van der Waals surface area (Å²) in [6, 6.07) is 24.1. The highest BCUT2D eigenvalue weighted by Gasteiger charge is 2.33. The number of nitrogens with one attached hydrogen (secondary N) is 1. The molecule has 1 aliphatic rings. The number of amides is 2. The van der Waals surface area contributed by atoms with Crippen LogP contribution in [0.1, 0.15) is 17.2 Å². The maximum Gasteiger partial charge on any atom is 0.261 e. The molecule has 0 fully saturated rings. The first-order valence-electron chi connectivity index (χ1n) is 9.23. The molecule has 0 radical (unpaired) electrons. The molecule has 1 unspecified atom stereocenters. The summed E-state index contributed by atoms with van der Waals surface area (Å²) in [4.78, 5) is 27.3. The second kappa shape index (κ2) is 8.49. The topological polar surface area (TPSA) is 58.6 Å². The second-order valence-corrected chi connectivity index (χ2v) is 7.63. The highest BCUT2D eigenvalue weighted by atomic mass is 79.9. The van der Waals surface area contributed by atoms with Crippen molar-refractivity contribution in [3.05, 3.63) is 94.5 Å². The van der Waals surface area contributed by atoms with Crippen LogP contribution in [-0.2, 0) is 9.59 Å². The zero-order valence-corrected chi connectivity index (χ0v) is 17.1. The van der Waals surface area contributed by atoms with E-state index in [2.05, 4.69) is 21.2 Å². The fourth-order valence-corrected chi connectivity index (χ4v) is 3.83. The molecule has 5 nitrogen and oxygen atoms in total. The number of anilines is 1. The summed E-state index contributed by atoms with van der Waals surface area (Å²) < 4.78 is 6.54. The van der Waals surface area contributed by atoms with Crippen LogP contribution in [0.5, 0.6) is 5.75 Å². The first-order chi connectivity index (χ1) is 14.1. The number of rotatable bonds is 4. The van der Waals surface area contributed by atoms with Gasteiger partial charge in [0.15, 0.2) is 6.61 Å². The lowest BCUT2D eigenvalue weighted by Crippen LogP contribution is -2.41. The predicted molar refractivity (Wildman–Crippen MR) is 115 cm³/mol. The molecule has 0 bridgehead atoms. The molecule has 0 saturated carbocycles. The first-order valence-corrected chi connectivity index (χ1v) is 10.0. The molecule has 4 rings (SSSR count). The van der Waals surface area contributed by atoms with E-state index in [1.807, 2.05) is 66.7 Å². The SMILES string of the molecule is O=C1CN(C(=O)COc2ccccc2)C(c2ccccc2)c2cc(Br)ccc2N1. The van der Waals surface area contributed by atoms with Crippen molar-refractivity contribution < 1.29 is 14.3 Å². The third kappa shape index (κ3) is 4.32. The predicted octanol–water partition coefficient (Wildman–Crippen LogP) is 4.40. The lowest BCUT2D eigenvalue weighted by atomic mass is 9.96. The fraction of sp³-hybridized carbons (Fsp3) is 0.130. The van der Waals surface area contributed by atoms with Crippen molar-refractivity contribution >= 4 is 33.4 Å². The molecule has 3 aromatic rings. The van der Waals surface area contributed by atoms with Crippen LogP contribution < -0.4 is 10.1 Å². The van der Waals surface area contributed by atoms with Crippen molar-refractivity contribution in [1.29, 1.82) is 0 Å². The highest BCUT2D eigenvalue weighted by molar-refractivity contribution is 9.10. The first kappa shape index (κ1) is 19.2. The van der Waals surface area contributed by atoms with Gasteiger partial charge in [0, 0.05) is 15.7 Å². The average Bonchev–Trinajstić information content (AvgIpc) is 2.89. The number of carbonyl (C=O) groups excluding carboxylic acids is 2. The van der Waals surface area contributed by atoms with Gasteiger partial charge < -0.3 is 15.0 Å². The standard InChI is InChI=1S/C23H19BrN2O3/c24-17-11-12-20-19(13-17)23(16-7-3-1-4-8-16)26(14-21(27)25-20)22(28)15-29-18-9-5-2-6-10-18/h1-13,23H,14-15H2,(H,25,27). The monoisotopic (exact) mass is 450 g/mol. The van der Waals surface area contributed by atoms with Crippen molar-refractivity contribution in [3.8, 4) is 5.75 Å². The van der Waals surface area contributed by atoms with Gasteiger partial charge in [0.25, 0.3) is 5.91 Å². The Bertz CT molecular complexity index is 1020. The summed E-state index contributed by atoms with van der Waals surface area (Å²) in [5, 5.41) is 2.91. The molecule has 0 saturated heterocycles. The number of hydrogen-bond acceptors (Lipinski definition) is 3. The largest absolute Gasteiger partial charge is 0.484 e. The number of nitrogens with zero attached hydrogens (tertiary/aromatic N) is 1. The molecule has 3 aromatic carbocycles. The smallest absolute Gasteiger partial charge is 0.261 e. The van der Waals surface area contributed by atoms with Gasteiger partial charge in [-0.15, -0.1) is 0 Å². The number of fused-ring (bicyclic) bond motifs is 1. The maximum absolute atomic E-state index is 13.2. The Morgan fingerprint density at radius 2 is 1.72 bits per heavy atom. The summed E-state index contributed by atoms with van der Waals surface area (Å²) in [6.07, 6.45) is 0. The average molecular weight is 451 g/mol. The Labute approximate surface area is 177 Å². The molecule has 1 heterocycles. The van der Waals surface area contributed by atoms with Crippen LogP contribution >= 0.6 is 15.9 Å². The molecule has 6 heteroatoms. The normalized spacial score (nSPS) is 15.8. The summed E-state index contributed by atoms with van der Waals surface area (Å²) in [5.41, 5.74) is 2.48. The summed E-state index contributed by atoms with van der Waals surface area (Å²) in [7, 11) is 0. The minimum atomic E-state index is -0.408. The van der Waals surface area contributed by atoms with Crippen LogP contribution in [0.25, 0.3) is 0 Å². The lowest BCUT2D eigenvalue weighted by Gasteiger charge is -2.30. The molecule has 146 valence electrons. The van der Waals surface area contributed by atoms with Crippen LogP contribution in [0, 0.1) is 0 Å². The summed E-state index contributed by atoms with van der Waals surface area (Å²) in [6.45, 7) is -0.202. The Hall–Kier alpha value is -3.12. The highest BCUT2D eigenvalue weighted by Crippen LogP contribution is 2.37. The van der Waals surface area contributed by atoms with Crippen LogP contribution in [0.2, 0.25) is 0 Å². The van der Waals surface area contributed by atoms with Crippen LogP contribution in [-0.4, -0.2) is 29.9 Å². The van der Waals surface area contributed by atoms with Gasteiger partial charge in [0.2, 0.25) is 5.91 Å². The minimum Gasteiger partial charge on any atom is -0.484 e. The van der Waals surface area contributed by atoms with Gasteiger partial charge in [-0.25, -0.2) is 0 Å². The van der Waals surface area contributed by atoms with E-state index >= 15 is 0 Å². The van der Waals surface area contributed by atoms with E-state index in [4.69, 9.17) is 4.74 Å². The minimum absolute atomic E-state index is 0.0527. The molecule has 29 heavy (non-hydrogen) atoms. The van der Waals surface area contributed by atoms with Gasteiger partial charge in [-0.2, -0.15) is 0 Å². The third-order valence-corrected chi connectivity index (χ3v) is 5.24. The molecule has 0 spiro atoms. The van der Waals surface area contributed by atoms with E-state index in [1.165, 1.54) is 0 Å². The molecule has 1 N–H and O–H groups in total. The number of para-hydroxylation sites is 1. The van der Waals surface area contributed by atoms with E-state index in [1.54, 1.807) is 17.0 Å². The van der Waals surface area contributed by atoms with E-state index in [-0.39, 0.29) is 25.0 Å². The molecular formula is C23H19BrN2O3. The molecule has 0 aliphatic carbocycles. The zero-order valence-electron chi connectivity index (χ0n) is 15.5. The molecule has 1 aliphatic heterocycles. The number of halogens is 1. The summed E-state index contributed by atoms with van der Waals surface area (Å²) in [5.74, 6) is 0.116. The Balaban J connectivity index is 1.71. The van der Waals surface area contributed by atoms with Crippen LogP contribution in [0.3, 0.4) is 0 Å². The van der Waals surface area contributed by atoms with Crippen molar-refractivity contribution in [2.45, 2.75) is 6.04 Å². The van der Waals surface area contributed by atoms with Crippen molar-refractivity contribution in [2.24, 2.45) is 0 Å². The van der Waals surface area contributed by atoms with Crippen LogP contribution in [0.15, 0.2) is 83.3 Å². The lowest BCUT2D eigenvalue weighted by molar-refractivity contribution is -0.138. The Morgan fingerprint density at radius 3 is 2.45 bits per heavy atom.